The van der Waals surface area contributed by atoms with Crippen molar-refractivity contribution in [2.75, 3.05) is 12.0 Å². The zero-order chi connectivity index (χ0) is 15.3. The van der Waals surface area contributed by atoms with E-state index in [1.807, 2.05) is 0 Å². The Morgan fingerprint density at radius 1 is 1.40 bits per heavy atom. The first kappa shape index (κ1) is 16.7. The van der Waals surface area contributed by atoms with Gasteiger partial charge in [0.25, 0.3) is 5.91 Å². The van der Waals surface area contributed by atoms with Crippen LogP contribution in [-0.4, -0.2) is 35.0 Å². The first-order valence-electron chi connectivity index (χ1n) is 5.54. The molecule has 1 aromatic rings. The minimum atomic E-state index is -1.23. The van der Waals surface area contributed by atoms with Gasteiger partial charge in [-0.1, -0.05) is 11.6 Å². The van der Waals surface area contributed by atoms with Gasteiger partial charge in [0.15, 0.2) is 0 Å². The maximum Gasteiger partial charge on any atom is 0.326 e. The lowest BCUT2D eigenvalue weighted by Gasteiger charge is -2.14. The van der Waals surface area contributed by atoms with Crippen molar-refractivity contribution in [3.8, 4) is 0 Å². The normalized spacial score (nSPS) is 12.0. The second kappa shape index (κ2) is 7.44. The van der Waals surface area contributed by atoms with Crippen LogP contribution in [0.1, 0.15) is 16.8 Å². The quantitative estimate of drug-likeness (QED) is 0.790. The molecule has 1 rings (SSSR count). The number of hydrogen-bond donors (Lipinski definition) is 2. The zero-order valence-electron chi connectivity index (χ0n) is 10.5. The molecule has 0 aliphatic rings. The van der Waals surface area contributed by atoms with Gasteiger partial charge in [-0.3, -0.25) is 4.79 Å². The summed E-state index contributed by atoms with van der Waals surface area (Å²) >= 11 is 6.78. The first-order valence-corrected chi connectivity index (χ1v) is 7.31. The molecule has 110 valence electrons. The third kappa shape index (κ3) is 4.35. The number of carboxylic acid groups (broad SMARTS) is 1. The summed E-state index contributed by atoms with van der Waals surface area (Å²) in [5.41, 5.74) is -0.581. The number of hydrogen-bond acceptors (Lipinski definition) is 3. The van der Waals surface area contributed by atoms with E-state index in [1.165, 1.54) is 11.8 Å². The minimum Gasteiger partial charge on any atom is -0.480 e. The largest absolute Gasteiger partial charge is 0.480 e. The monoisotopic (exact) mass is 323 g/mol. The van der Waals surface area contributed by atoms with Gasteiger partial charge in [0.1, 0.15) is 17.7 Å². The van der Waals surface area contributed by atoms with Crippen LogP contribution in [0.3, 0.4) is 0 Å². The second-order valence-electron chi connectivity index (χ2n) is 3.89. The second-order valence-corrected chi connectivity index (χ2v) is 5.28. The number of carbonyl (C=O) groups is 2. The molecule has 0 aromatic heterocycles. The van der Waals surface area contributed by atoms with Crippen LogP contribution in [0, 0.1) is 11.6 Å². The molecular weight excluding hydrogens is 312 g/mol. The summed E-state index contributed by atoms with van der Waals surface area (Å²) in [6.45, 7) is 0. The Labute approximate surface area is 123 Å². The predicted molar refractivity (Wildman–Crippen MR) is 73.3 cm³/mol. The summed E-state index contributed by atoms with van der Waals surface area (Å²) < 4.78 is 26.7. The van der Waals surface area contributed by atoms with Crippen molar-refractivity contribution in [3.05, 3.63) is 34.4 Å². The highest BCUT2D eigenvalue weighted by Crippen LogP contribution is 2.19. The van der Waals surface area contributed by atoms with E-state index in [-0.39, 0.29) is 6.42 Å². The van der Waals surface area contributed by atoms with Gasteiger partial charge < -0.3 is 10.4 Å². The summed E-state index contributed by atoms with van der Waals surface area (Å²) in [6.07, 6.45) is 1.97. The average Bonchev–Trinajstić information content (AvgIpc) is 2.38. The topological polar surface area (TPSA) is 66.4 Å². The Morgan fingerprint density at radius 2 is 2.05 bits per heavy atom. The van der Waals surface area contributed by atoms with Crippen molar-refractivity contribution in [2.24, 2.45) is 0 Å². The van der Waals surface area contributed by atoms with Crippen molar-refractivity contribution in [1.29, 1.82) is 0 Å². The highest BCUT2D eigenvalue weighted by atomic mass is 35.5. The highest BCUT2D eigenvalue weighted by molar-refractivity contribution is 7.98. The maximum atomic E-state index is 13.5. The Hall–Kier alpha value is -1.34. The minimum absolute atomic E-state index is 0.180. The first-order chi connectivity index (χ1) is 9.36. The molecule has 0 saturated heterocycles. The van der Waals surface area contributed by atoms with Crippen molar-refractivity contribution < 1.29 is 23.5 Å². The molecule has 0 spiro atoms. The summed E-state index contributed by atoms with van der Waals surface area (Å²) in [5.74, 6) is -3.68. The van der Waals surface area contributed by atoms with E-state index in [4.69, 9.17) is 16.7 Å². The summed E-state index contributed by atoms with van der Waals surface area (Å²) in [5, 5.41) is 10.7. The van der Waals surface area contributed by atoms with E-state index >= 15 is 0 Å². The molecule has 0 radical (unpaired) electrons. The molecule has 2 N–H and O–H groups in total. The van der Waals surface area contributed by atoms with E-state index in [9.17, 15) is 18.4 Å². The van der Waals surface area contributed by atoms with Crippen LogP contribution in [-0.2, 0) is 4.79 Å². The van der Waals surface area contributed by atoms with Crippen molar-refractivity contribution in [1.82, 2.24) is 5.32 Å². The lowest BCUT2D eigenvalue weighted by Crippen LogP contribution is -2.41. The molecule has 20 heavy (non-hydrogen) atoms. The lowest BCUT2D eigenvalue weighted by atomic mass is 10.1. The molecular formula is C12H12ClF2NO3S. The smallest absolute Gasteiger partial charge is 0.326 e. The van der Waals surface area contributed by atoms with Crippen LogP contribution >= 0.6 is 23.4 Å². The number of aliphatic carboxylic acids is 1. The molecule has 1 aromatic carbocycles. The van der Waals surface area contributed by atoms with Gasteiger partial charge in [-0.05, 0) is 30.6 Å². The van der Waals surface area contributed by atoms with Gasteiger partial charge in [-0.25, -0.2) is 13.6 Å². The number of carboxylic acids is 1. The molecule has 0 aliphatic carbocycles. The average molecular weight is 324 g/mol. The standard InChI is InChI=1S/C12H12ClF2NO3S/c1-20-3-2-10(12(18)19)16-11(17)6-4-9(15)7(13)5-8(6)14/h4-5,10H,2-3H2,1H3,(H,16,17)(H,18,19)/t10-/m1/s1. The number of carbonyl (C=O) groups excluding carboxylic acids is 1. The van der Waals surface area contributed by atoms with Gasteiger partial charge in [0.2, 0.25) is 0 Å². The third-order valence-electron chi connectivity index (χ3n) is 2.47. The third-order valence-corrected chi connectivity index (χ3v) is 3.40. The van der Waals surface area contributed by atoms with Crippen molar-refractivity contribution in [2.45, 2.75) is 12.5 Å². The zero-order valence-corrected chi connectivity index (χ0v) is 12.0. The van der Waals surface area contributed by atoms with E-state index < -0.39 is 40.1 Å². The SMILES string of the molecule is CSCC[C@@H](NC(=O)c1cc(F)c(Cl)cc1F)C(=O)O. The number of amides is 1. The van der Waals surface area contributed by atoms with Crippen molar-refractivity contribution in [3.63, 3.8) is 0 Å². The van der Waals surface area contributed by atoms with Crippen LogP contribution in [0.5, 0.6) is 0 Å². The summed E-state index contributed by atoms with van der Waals surface area (Å²) in [6, 6.07) is 0.150. The molecule has 0 saturated carbocycles. The van der Waals surface area contributed by atoms with Gasteiger partial charge in [-0.15, -0.1) is 0 Å². The molecule has 1 amide bonds. The summed E-state index contributed by atoms with van der Waals surface area (Å²) in [4.78, 5) is 22.7. The Balaban J connectivity index is 2.89. The number of rotatable bonds is 6. The maximum absolute atomic E-state index is 13.5. The van der Waals surface area contributed by atoms with Crippen LogP contribution in [0.4, 0.5) is 8.78 Å². The Bertz CT molecular complexity index is 528. The Morgan fingerprint density at radius 3 is 2.60 bits per heavy atom. The van der Waals surface area contributed by atoms with Crippen LogP contribution < -0.4 is 5.32 Å². The van der Waals surface area contributed by atoms with E-state index in [0.29, 0.717) is 17.9 Å². The fraction of sp³-hybridized carbons (Fsp3) is 0.333. The Kier molecular flexibility index (Phi) is 6.22. The fourth-order valence-corrected chi connectivity index (χ4v) is 2.05. The molecule has 0 bridgehead atoms. The number of benzene rings is 1. The molecule has 4 nitrogen and oxygen atoms in total. The molecule has 1 atom stereocenters. The number of thioether (sulfide) groups is 1. The lowest BCUT2D eigenvalue weighted by molar-refractivity contribution is -0.139. The molecule has 0 aliphatic heterocycles. The molecule has 8 heteroatoms. The molecule has 0 unspecified atom stereocenters. The van der Waals surface area contributed by atoms with E-state index in [2.05, 4.69) is 5.32 Å². The highest BCUT2D eigenvalue weighted by Gasteiger charge is 2.22. The van der Waals surface area contributed by atoms with Gasteiger partial charge >= 0.3 is 5.97 Å². The summed E-state index contributed by atoms with van der Waals surface area (Å²) in [7, 11) is 0. The van der Waals surface area contributed by atoms with Crippen LogP contribution in [0.2, 0.25) is 5.02 Å². The van der Waals surface area contributed by atoms with Gasteiger partial charge in [0.05, 0.1) is 10.6 Å². The van der Waals surface area contributed by atoms with E-state index in [1.54, 1.807) is 6.26 Å². The molecule has 0 fully saturated rings. The predicted octanol–water partition coefficient (Wildman–Crippen LogP) is 2.55. The van der Waals surface area contributed by atoms with Crippen molar-refractivity contribution >= 4 is 35.2 Å². The van der Waals surface area contributed by atoms with Gasteiger partial charge in [-0.2, -0.15) is 11.8 Å². The fourth-order valence-electron chi connectivity index (χ4n) is 1.43. The van der Waals surface area contributed by atoms with Crippen LogP contribution in [0.25, 0.3) is 0 Å². The van der Waals surface area contributed by atoms with E-state index in [0.717, 1.165) is 0 Å². The van der Waals surface area contributed by atoms with Gasteiger partial charge in [0, 0.05) is 0 Å². The van der Waals surface area contributed by atoms with Crippen LogP contribution in [0.15, 0.2) is 12.1 Å². The number of nitrogens with one attached hydrogen (secondary N) is 1. The number of halogens is 3. The molecule has 0 heterocycles.